The van der Waals surface area contributed by atoms with Gasteiger partial charge in [0.2, 0.25) is 0 Å². The molecule has 2 N–H and O–H groups in total. The highest BCUT2D eigenvalue weighted by molar-refractivity contribution is 7.15. The van der Waals surface area contributed by atoms with Gasteiger partial charge in [-0.25, -0.2) is 4.98 Å². The van der Waals surface area contributed by atoms with E-state index < -0.39 is 4.92 Å². The molecule has 0 saturated carbocycles. The number of rotatable bonds is 3. The van der Waals surface area contributed by atoms with Crippen molar-refractivity contribution in [2.75, 3.05) is 5.73 Å². The zero-order valence-corrected chi connectivity index (χ0v) is 10.9. The summed E-state index contributed by atoms with van der Waals surface area (Å²) in [5.41, 5.74) is 7.49. The Balaban J connectivity index is 2.45. The van der Waals surface area contributed by atoms with E-state index >= 15 is 0 Å². The Morgan fingerprint density at radius 1 is 1.33 bits per heavy atom. The highest BCUT2D eigenvalue weighted by Gasteiger charge is 2.15. The Labute approximate surface area is 108 Å². The average Bonchev–Trinajstić information content (AvgIpc) is 2.71. The van der Waals surface area contributed by atoms with Gasteiger partial charge in [0.25, 0.3) is 5.69 Å². The van der Waals surface area contributed by atoms with Crippen LogP contribution < -0.4 is 5.73 Å². The van der Waals surface area contributed by atoms with Crippen molar-refractivity contribution in [3.05, 3.63) is 39.3 Å². The fraction of sp³-hybridized carbons (Fsp3) is 0.250. The summed E-state index contributed by atoms with van der Waals surface area (Å²) in [6.07, 6.45) is 0. The predicted octanol–water partition coefficient (Wildman–Crippen LogP) is 3.42. The summed E-state index contributed by atoms with van der Waals surface area (Å²) in [5.74, 6) is 0.324. The fourth-order valence-corrected chi connectivity index (χ4v) is 2.55. The molecule has 5 nitrogen and oxygen atoms in total. The third-order valence-electron chi connectivity index (χ3n) is 2.55. The number of nitrogen functional groups attached to an aromatic ring is 1. The molecular weight excluding hydrogens is 250 g/mol. The van der Waals surface area contributed by atoms with Crippen LogP contribution >= 0.6 is 11.3 Å². The number of nitro benzene ring substituents is 1. The first-order valence-corrected chi connectivity index (χ1v) is 6.31. The van der Waals surface area contributed by atoms with E-state index in [0.717, 1.165) is 16.1 Å². The largest absolute Gasteiger partial charge is 0.375 e. The Morgan fingerprint density at radius 2 is 1.94 bits per heavy atom. The number of hydrogen-bond acceptors (Lipinski definition) is 5. The van der Waals surface area contributed by atoms with Gasteiger partial charge in [-0.15, -0.1) is 11.3 Å². The number of nitrogens with zero attached hydrogens (tertiary/aromatic N) is 2. The summed E-state index contributed by atoms with van der Waals surface area (Å²) in [4.78, 5) is 15.6. The van der Waals surface area contributed by atoms with Crippen molar-refractivity contribution >= 4 is 22.2 Å². The maximum Gasteiger partial charge on any atom is 0.269 e. The van der Waals surface area contributed by atoms with Crippen molar-refractivity contribution in [3.63, 3.8) is 0 Å². The molecule has 0 aliphatic rings. The Bertz CT molecular complexity index is 576. The fourth-order valence-electron chi connectivity index (χ4n) is 1.69. The Kier molecular flexibility index (Phi) is 3.29. The van der Waals surface area contributed by atoms with E-state index in [9.17, 15) is 10.1 Å². The van der Waals surface area contributed by atoms with Crippen LogP contribution in [0.15, 0.2) is 24.3 Å². The molecule has 0 aliphatic heterocycles. The molecule has 1 heterocycles. The van der Waals surface area contributed by atoms with Crippen molar-refractivity contribution in [3.8, 4) is 11.3 Å². The third-order valence-corrected chi connectivity index (χ3v) is 3.73. The van der Waals surface area contributed by atoms with Crippen LogP contribution in [-0.2, 0) is 0 Å². The van der Waals surface area contributed by atoms with E-state index in [2.05, 4.69) is 18.8 Å². The van der Waals surface area contributed by atoms with E-state index in [4.69, 9.17) is 5.73 Å². The first-order chi connectivity index (χ1) is 8.49. The highest BCUT2D eigenvalue weighted by Crippen LogP contribution is 2.35. The van der Waals surface area contributed by atoms with Crippen LogP contribution in [0.5, 0.6) is 0 Å². The number of nitro groups is 1. The van der Waals surface area contributed by atoms with E-state index in [1.165, 1.54) is 23.5 Å². The van der Waals surface area contributed by atoms with Crippen LogP contribution in [0, 0.1) is 10.1 Å². The highest BCUT2D eigenvalue weighted by atomic mass is 32.1. The van der Waals surface area contributed by atoms with Gasteiger partial charge in [-0.1, -0.05) is 13.8 Å². The second kappa shape index (κ2) is 4.73. The molecule has 1 aromatic carbocycles. The van der Waals surface area contributed by atoms with Gasteiger partial charge in [0.05, 0.1) is 10.6 Å². The summed E-state index contributed by atoms with van der Waals surface area (Å²) in [5, 5.41) is 11.1. The summed E-state index contributed by atoms with van der Waals surface area (Å²) >= 11 is 1.46. The number of benzene rings is 1. The minimum Gasteiger partial charge on any atom is -0.375 e. The molecule has 0 aliphatic carbocycles. The van der Waals surface area contributed by atoms with Crippen molar-refractivity contribution < 1.29 is 4.92 Å². The quantitative estimate of drug-likeness (QED) is 0.679. The van der Waals surface area contributed by atoms with Crippen LogP contribution in [0.3, 0.4) is 0 Å². The van der Waals surface area contributed by atoms with E-state index in [-0.39, 0.29) is 5.69 Å². The first-order valence-electron chi connectivity index (χ1n) is 5.50. The normalized spacial score (nSPS) is 10.8. The number of anilines is 1. The van der Waals surface area contributed by atoms with Crippen molar-refractivity contribution in [2.24, 2.45) is 0 Å². The monoisotopic (exact) mass is 263 g/mol. The Morgan fingerprint density at radius 3 is 2.44 bits per heavy atom. The van der Waals surface area contributed by atoms with Crippen LogP contribution in [0.4, 0.5) is 10.8 Å². The molecular formula is C12H13N3O2S. The topological polar surface area (TPSA) is 82.0 Å². The maximum atomic E-state index is 10.6. The predicted molar refractivity (Wildman–Crippen MR) is 72.7 cm³/mol. The minimum absolute atomic E-state index is 0.0769. The Hall–Kier alpha value is -1.95. The van der Waals surface area contributed by atoms with Crippen LogP contribution in [0.2, 0.25) is 0 Å². The third kappa shape index (κ3) is 2.33. The molecule has 2 aromatic rings. The first kappa shape index (κ1) is 12.5. The zero-order valence-electron chi connectivity index (χ0n) is 10.1. The molecule has 94 valence electrons. The number of nitrogens with two attached hydrogens (primary N) is 1. The molecule has 18 heavy (non-hydrogen) atoms. The zero-order chi connectivity index (χ0) is 13.3. The van der Waals surface area contributed by atoms with Crippen LogP contribution in [0.1, 0.15) is 24.6 Å². The lowest BCUT2D eigenvalue weighted by atomic mass is 10.1. The van der Waals surface area contributed by atoms with Gasteiger partial charge < -0.3 is 5.73 Å². The molecule has 2 rings (SSSR count). The van der Waals surface area contributed by atoms with Crippen LogP contribution in [-0.4, -0.2) is 9.91 Å². The van der Waals surface area contributed by atoms with Gasteiger partial charge in [-0.2, -0.15) is 0 Å². The van der Waals surface area contributed by atoms with Gasteiger partial charge in [0.1, 0.15) is 0 Å². The molecule has 0 fully saturated rings. The van der Waals surface area contributed by atoms with E-state index in [1.54, 1.807) is 12.1 Å². The van der Waals surface area contributed by atoms with Crippen LogP contribution in [0.25, 0.3) is 11.3 Å². The average molecular weight is 263 g/mol. The lowest BCUT2D eigenvalue weighted by Crippen LogP contribution is -1.90. The van der Waals surface area contributed by atoms with Gasteiger partial charge >= 0.3 is 0 Å². The van der Waals surface area contributed by atoms with Crippen molar-refractivity contribution in [1.82, 2.24) is 4.98 Å². The molecule has 0 amide bonds. The summed E-state index contributed by atoms with van der Waals surface area (Å²) in [6.45, 7) is 4.14. The summed E-state index contributed by atoms with van der Waals surface area (Å²) in [6, 6.07) is 6.38. The molecule has 0 atom stereocenters. The molecule has 0 radical (unpaired) electrons. The van der Waals surface area contributed by atoms with E-state index in [0.29, 0.717) is 11.0 Å². The van der Waals surface area contributed by atoms with E-state index in [1.807, 2.05) is 0 Å². The molecule has 0 unspecified atom stereocenters. The molecule has 0 bridgehead atoms. The number of hydrogen-bond donors (Lipinski definition) is 1. The smallest absolute Gasteiger partial charge is 0.269 e. The second-order valence-corrected chi connectivity index (χ2v) is 5.29. The lowest BCUT2D eigenvalue weighted by Gasteiger charge is -2.04. The second-order valence-electron chi connectivity index (χ2n) is 4.22. The number of thiazole rings is 1. The van der Waals surface area contributed by atoms with Gasteiger partial charge in [0.15, 0.2) is 5.13 Å². The van der Waals surface area contributed by atoms with Crippen molar-refractivity contribution in [2.45, 2.75) is 19.8 Å². The lowest BCUT2D eigenvalue weighted by molar-refractivity contribution is -0.384. The van der Waals surface area contributed by atoms with Gasteiger partial charge in [-0.05, 0) is 18.1 Å². The number of non-ortho nitro benzene ring substituents is 1. The van der Waals surface area contributed by atoms with Gasteiger partial charge in [-0.3, -0.25) is 10.1 Å². The molecule has 1 aromatic heterocycles. The van der Waals surface area contributed by atoms with Crippen molar-refractivity contribution in [1.29, 1.82) is 0 Å². The molecule has 0 spiro atoms. The summed E-state index contributed by atoms with van der Waals surface area (Å²) in [7, 11) is 0. The number of aromatic nitrogens is 1. The van der Waals surface area contributed by atoms with Gasteiger partial charge in [0, 0.05) is 22.6 Å². The summed E-state index contributed by atoms with van der Waals surface area (Å²) < 4.78 is 0. The minimum atomic E-state index is -0.414. The molecule has 0 saturated heterocycles. The standard InChI is InChI=1S/C12H13N3O2S/c1-7(2)11-10(14-12(13)18-11)8-3-5-9(6-4-8)15(16)17/h3-7H,1-2H3,(H2,13,14). The maximum absolute atomic E-state index is 10.6. The molecule has 6 heteroatoms. The SMILES string of the molecule is CC(C)c1sc(N)nc1-c1ccc([N+](=O)[O-])cc1.